The van der Waals surface area contributed by atoms with E-state index in [1.165, 1.54) is 38.5 Å². The van der Waals surface area contributed by atoms with Crippen LogP contribution in [0.15, 0.2) is 0 Å². The molecule has 0 aromatic rings. The maximum atomic E-state index is 6.29. The summed E-state index contributed by atoms with van der Waals surface area (Å²) in [6, 6.07) is 0. The number of hydrogen-bond acceptors (Lipinski definition) is 3. The van der Waals surface area contributed by atoms with Gasteiger partial charge in [-0.1, -0.05) is 52.4 Å². The molecular formula is C17H40O3Si2. The molecule has 0 radical (unpaired) electrons. The van der Waals surface area contributed by atoms with E-state index >= 15 is 0 Å². The quantitative estimate of drug-likeness (QED) is 0.285. The summed E-state index contributed by atoms with van der Waals surface area (Å²) in [6.45, 7) is 15.9. The van der Waals surface area contributed by atoms with Gasteiger partial charge in [-0.15, -0.1) is 0 Å². The van der Waals surface area contributed by atoms with Crippen molar-refractivity contribution in [2.75, 3.05) is 6.61 Å². The minimum atomic E-state index is -2.10. The van der Waals surface area contributed by atoms with Crippen LogP contribution in [0.3, 0.4) is 0 Å². The summed E-state index contributed by atoms with van der Waals surface area (Å²) in [5.74, 6) is 0. The van der Waals surface area contributed by atoms with Gasteiger partial charge in [-0.3, -0.25) is 0 Å². The third-order valence-electron chi connectivity index (χ3n) is 3.59. The molecule has 1 unspecified atom stereocenters. The van der Waals surface area contributed by atoms with Gasteiger partial charge < -0.3 is 13.0 Å². The van der Waals surface area contributed by atoms with Gasteiger partial charge >= 0.3 is 17.1 Å². The molecule has 0 aromatic carbocycles. The zero-order chi connectivity index (χ0) is 17.1. The van der Waals surface area contributed by atoms with Crippen molar-refractivity contribution in [3.05, 3.63) is 0 Å². The van der Waals surface area contributed by atoms with Crippen molar-refractivity contribution < 1.29 is 13.0 Å². The molecule has 0 aliphatic carbocycles. The van der Waals surface area contributed by atoms with Crippen molar-refractivity contribution in [3.8, 4) is 0 Å². The van der Waals surface area contributed by atoms with Crippen LogP contribution in [0, 0.1) is 0 Å². The minimum absolute atomic E-state index is 0.295. The molecule has 22 heavy (non-hydrogen) atoms. The largest absolute Gasteiger partial charge is 0.415 e. The Labute approximate surface area is 141 Å². The summed E-state index contributed by atoms with van der Waals surface area (Å²) in [7, 11) is -4.14. The zero-order valence-corrected chi connectivity index (χ0v) is 18.2. The van der Waals surface area contributed by atoms with Gasteiger partial charge in [0.25, 0.3) is 0 Å². The molecule has 5 heteroatoms. The van der Waals surface area contributed by atoms with Crippen LogP contribution in [0.2, 0.25) is 26.2 Å². The molecule has 0 aliphatic heterocycles. The lowest BCUT2D eigenvalue weighted by Gasteiger charge is -2.34. The van der Waals surface area contributed by atoms with Crippen LogP contribution in [0.1, 0.15) is 72.1 Å². The Morgan fingerprint density at radius 3 is 1.95 bits per heavy atom. The molecule has 1 atom stereocenters. The average Bonchev–Trinajstić information content (AvgIpc) is 2.38. The smallest absolute Gasteiger partial charge is 0.323 e. The van der Waals surface area contributed by atoms with Crippen LogP contribution < -0.4 is 0 Å². The Hall–Kier alpha value is 0.314. The van der Waals surface area contributed by atoms with Crippen molar-refractivity contribution >= 4 is 17.1 Å². The predicted molar refractivity (Wildman–Crippen MR) is 101 cm³/mol. The van der Waals surface area contributed by atoms with E-state index in [-0.39, 0.29) is 0 Å². The second-order valence-electron chi connectivity index (χ2n) is 7.24. The summed E-state index contributed by atoms with van der Waals surface area (Å²) in [5, 5.41) is 0. The van der Waals surface area contributed by atoms with Crippen LogP contribution >= 0.6 is 0 Å². The van der Waals surface area contributed by atoms with E-state index in [1.54, 1.807) is 0 Å². The number of unbranched alkanes of at least 4 members (excludes halogenated alkanes) is 5. The van der Waals surface area contributed by atoms with Crippen LogP contribution in [-0.2, 0) is 13.0 Å². The van der Waals surface area contributed by atoms with E-state index in [0.29, 0.717) is 6.10 Å². The first-order chi connectivity index (χ1) is 10.2. The molecule has 0 saturated carbocycles. The summed E-state index contributed by atoms with van der Waals surface area (Å²) in [5.41, 5.74) is 0. The van der Waals surface area contributed by atoms with E-state index in [4.69, 9.17) is 13.0 Å². The minimum Gasteiger partial charge on any atom is -0.415 e. The Kier molecular flexibility index (Phi) is 12.0. The molecule has 0 spiro atoms. The Morgan fingerprint density at radius 1 is 0.773 bits per heavy atom. The molecule has 0 rings (SSSR count). The van der Waals surface area contributed by atoms with E-state index in [9.17, 15) is 0 Å². The predicted octanol–water partition coefficient (Wildman–Crippen LogP) is 5.99. The number of rotatable bonds is 14. The van der Waals surface area contributed by atoms with Crippen molar-refractivity contribution in [2.24, 2.45) is 0 Å². The molecule has 134 valence electrons. The zero-order valence-electron chi connectivity index (χ0n) is 16.2. The second kappa shape index (κ2) is 11.8. The van der Waals surface area contributed by atoms with Crippen LogP contribution in [0.25, 0.3) is 0 Å². The maximum Gasteiger partial charge on any atom is 0.323 e. The van der Waals surface area contributed by atoms with E-state index < -0.39 is 17.1 Å². The summed E-state index contributed by atoms with van der Waals surface area (Å²) in [6.07, 6.45) is 10.5. The fourth-order valence-electron chi connectivity index (χ4n) is 2.75. The van der Waals surface area contributed by atoms with E-state index in [1.807, 2.05) is 0 Å². The topological polar surface area (TPSA) is 27.7 Å². The van der Waals surface area contributed by atoms with Gasteiger partial charge in [0.05, 0.1) is 0 Å². The van der Waals surface area contributed by atoms with Gasteiger partial charge in [-0.2, -0.15) is 0 Å². The highest BCUT2D eigenvalue weighted by atomic mass is 28.5. The first kappa shape index (κ1) is 22.3. The Bertz CT molecular complexity index is 271. The molecule has 0 aromatic heterocycles. The molecule has 0 saturated heterocycles. The first-order valence-corrected chi connectivity index (χ1v) is 14.9. The fourth-order valence-corrected chi connectivity index (χ4v) is 9.69. The molecule has 0 heterocycles. The van der Waals surface area contributed by atoms with Crippen molar-refractivity contribution in [2.45, 2.75) is 104 Å². The monoisotopic (exact) mass is 348 g/mol. The fraction of sp³-hybridized carbons (Fsp3) is 1.00. The molecule has 0 fully saturated rings. The van der Waals surface area contributed by atoms with Gasteiger partial charge in [0.15, 0.2) is 0 Å². The molecule has 0 amide bonds. The van der Waals surface area contributed by atoms with Gasteiger partial charge in [-0.25, -0.2) is 0 Å². The normalized spacial score (nSPS) is 14.3. The molecule has 0 aliphatic rings. The van der Waals surface area contributed by atoms with Gasteiger partial charge in [0, 0.05) is 12.7 Å². The molecule has 3 nitrogen and oxygen atoms in total. The average molecular weight is 349 g/mol. The SMILES string of the molecule is CCCCCCCCC(C)O[Si](C)(C)O[Si](C)(C)OCCC. The van der Waals surface area contributed by atoms with Crippen LogP contribution in [-0.4, -0.2) is 29.8 Å². The third-order valence-corrected chi connectivity index (χ3v) is 9.40. The summed E-state index contributed by atoms with van der Waals surface area (Å²) in [4.78, 5) is 0. The Morgan fingerprint density at radius 2 is 1.36 bits per heavy atom. The maximum absolute atomic E-state index is 6.29. The van der Waals surface area contributed by atoms with Gasteiger partial charge in [0.1, 0.15) is 0 Å². The van der Waals surface area contributed by atoms with E-state index in [0.717, 1.165) is 19.4 Å². The van der Waals surface area contributed by atoms with Gasteiger partial charge in [0.2, 0.25) is 0 Å². The molecular weight excluding hydrogens is 308 g/mol. The lowest BCUT2D eigenvalue weighted by molar-refractivity contribution is 0.143. The van der Waals surface area contributed by atoms with Crippen molar-refractivity contribution in [1.82, 2.24) is 0 Å². The summed E-state index contributed by atoms with van der Waals surface area (Å²) < 4.78 is 18.4. The Balaban J connectivity index is 3.96. The number of hydrogen-bond donors (Lipinski definition) is 0. The van der Waals surface area contributed by atoms with Crippen LogP contribution in [0.5, 0.6) is 0 Å². The van der Waals surface area contributed by atoms with E-state index in [2.05, 4.69) is 47.0 Å². The lowest BCUT2D eigenvalue weighted by atomic mass is 10.1. The first-order valence-electron chi connectivity index (χ1n) is 9.24. The standard InChI is InChI=1S/C17H40O3Si2/c1-8-10-11-12-13-14-15-17(3)19-22(6,7)20-21(4,5)18-16-9-2/h17H,8-16H2,1-7H3. The third kappa shape index (κ3) is 12.8. The van der Waals surface area contributed by atoms with Crippen LogP contribution in [0.4, 0.5) is 0 Å². The lowest BCUT2D eigenvalue weighted by Crippen LogP contribution is -2.49. The second-order valence-corrected chi connectivity index (χ2v) is 14.2. The van der Waals surface area contributed by atoms with Crippen molar-refractivity contribution in [1.29, 1.82) is 0 Å². The molecule has 0 N–H and O–H groups in total. The highest BCUT2D eigenvalue weighted by Crippen LogP contribution is 2.20. The summed E-state index contributed by atoms with van der Waals surface area (Å²) >= 11 is 0. The van der Waals surface area contributed by atoms with Crippen molar-refractivity contribution in [3.63, 3.8) is 0 Å². The highest BCUT2D eigenvalue weighted by Gasteiger charge is 2.37. The highest BCUT2D eigenvalue weighted by molar-refractivity contribution is 6.78. The van der Waals surface area contributed by atoms with Gasteiger partial charge in [-0.05, 0) is 46.0 Å². The molecule has 0 bridgehead atoms.